The molecule has 1 rings (SSSR count). The van der Waals surface area contributed by atoms with E-state index in [0.29, 0.717) is 6.54 Å². The molecule has 0 aliphatic heterocycles. The van der Waals surface area contributed by atoms with Crippen molar-refractivity contribution in [3.05, 3.63) is 18.0 Å². The van der Waals surface area contributed by atoms with Crippen LogP contribution in [0.25, 0.3) is 0 Å². The number of carbonyl (C=O) groups is 1. The van der Waals surface area contributed by atoms with Crippen molar-refractivity contribution in [2.24, 2.45) is 0 Å². The summed E-state index contributed by atoms with van der Waals surface area (Å²) in [6.45, 7) is 9.17. The number of aromatic nitrogens is 2. The average Bonchev–Trinajstić information content (AvgIpc) is 2.85. The van der Waals surface area contributed by atoms with E-state index in [1.807, 2.05) is 26.8 Å². The Labute approximate surface area is 120 Å². The largest absolute Gasteiger partial charge is 0.444 e. The third-order valence-corrected chi connectivity index (χ3v) is 2.81. The molecule has 0 fully saturated rings. The van der Waals surface area contributed by atoms with Crippen molar-refractivity contribution in [3.8, 4) is 0 Å². The summed E-state index contributed by atoms with van der Waals surface area (Å²) < 4.78 is 5.29. The molecule has 1 aromatic heterocycles. The van der Waals surface area contributed by atoms with Gasteiger partial charge in [-0.05, 0) is 46.7 Å². The maximum atomic E-state index is 11.7. The van der Waals surface area contributed by atoms with Crippen molar-refractivity contribution in [2.45, 2.75) is 45.8 Å². The van der Waals surface area contributed by atoms with E-state index in [1.54, 1.807) is 18.1 Å². The molecular weight excluding hydrogens is 256 g/mol. The zero-order valence-corrected chi connectivity index (χ0v) is 13.1. The van der Waals surface area contributed by atoms with Crippen LogP contribution in [0, 0.1) is 0 Å². The fourth-order valence-corrected chi connectivity index (χ4v) is 1.68. The summed E-state index contributed by atoms with van der Waals surface area (Å²) >= 11 is 0. The minimum Gasteiger partial charge on any atom is -0.444 e. The molecule has 1 aromatic rings. The fourth-order valence-electron chi connectivity index (χ4n) is 1.68. The second-order valence-electron chi connectivity index (χ2n) is 5.94. The van der Waals surface area contributed by atoms with Crippen LogP contribution < -0.4 is 5.32 Å². The van der Waals surface area contributed by atoms with Gasteiger partial charge in [0.25, 0.3) is 0 Å². The highest BCUT2D eigenvalue weighted by atomic mass is 16.6. The van der Waals surface area contributed by atoms with E-state index >= 15 is 0 Å². The number of ether oxygens (including phenoxy) is 1. The lowest BCUT2D eigenvalue weighted by atomic mass is 10.2. The first-order valence-electron chi connectivity index (χ1n) is 6.96. The minimum absolute atomic E-state index is 0.226. The number of nitrogens with one attached hydrogen (secondary N) is 2. The summed E-state index contributed by atoms with van der Waals surface area (Å²) in [5.41, 5.74) is 0.615. The van der Waals surface area contributed by atoms with Gasteiger partial charge in [-0.15, -0.1) is 0 Å². The molecule has 0 aromatic carbocycles. The van der Waals surface area contributed by atoms with E-state index in [-0.39, 0.29) is 12.1 Å². The number of carbonyl (C=O) groups excluding carboxylic acids is 1. The molecule has 20 heavy (non-hydrogen) atoms. The number of nitrogens with zero attached hydrogens (tertiary/aromatic N) is 2. The lowest BCUT2D eigenvalue weighted by Crippen LogP contribution is -2.35. The Hall–Kier alpha value is -1.56. The van der Waals surface area contributed by atoms with E-state index in [9.17, 15) is 4.79 Å². The Kier molecular flexibility index (Phi) is 6.01. The zero-order valence-electron chi connectivity index (χ0n) is 13.1. The SMILES string of the molecule is CC(NCCCN(C)C(=O)OC(C)(C)C)c1ccn[nH]1. The van der Waals surface area contributed by atoms with Crippen molar-refractivity contribution in [3.63, 3.8) is 0 Å². The summed E-state index contributed by atoms with van der Waals surface area (Å²) in [5, 5.41) is 10.2. The molecule has 1 heterocycles. The van der Waals surface area contributed by atoms with Crippen molar-refractivity contribution in [1.82, 2.24) is 20.4 Å². The Morgan fingerprint density at radius 3 is 2.80 bits per heavy atom. The van der Waals surface area contributed by atoms with Crippen LogP contribution in [-0.2, 0) is 4.74 Å². The number of rotatable bonds is 6. The Morgan fingerprint density at radius 2 is 2.25 bits per heavy atom. The molecule has 0 saturated heterocycles. The first-order valence-corrected chi connectivity index (χ1v) is 6.96. The molecule has 1 unspecified atom stereocenters. The van der Waals surface area contributed by atoms with Crippen LogP contribution in [-0.4, -0.2) is 46.9 Å². The summed E-state index contributed by atoms with van der Waals surface area (Å²) in [7, 11) is 1.76. The van der Waals surface area contributed by atoms with Gasteiger partial charge in [-0.2, -0.15) is 5.10 Å². The predicted octanol–water partition coefficient (Wildman–Crippen LogP) is 2.32. The molecule has 2 N–H and O–H groups in total. The quantitative estimate of drug-likeness (QED) is 0.786. The van der Waals surface area contributed by atoms with E-state index in [1.165, 1.54) is 0 Å². The summed E-state index contributed by atoms with van der Waals surface area (Å²) in [6, 6.07) is 2.18. The number of aromatic amines is 1. The van der Waals surface area contributed by atoms with Gasteiger partial charge in [-0.3, -0.25) is 5.10 Å². The number of H-pyrrole nitrogens is 1. The standard InChI is InChI=1S/C14H26N4O2/c1-11(12-7-9-16-17-12)15-8-6-10-18(5)13(19)20-14(2,3)4/h7,9,11,15H,6,8,10H2,1-5H3,(H,16,17). The van der Waals surface area contributed by atoms with Gasteiger partial charge >= 0.3 is 6.09 Å². The minimum atomic E-state index is -0.446. The number of hydrogen-bond donors (Lipinski definition) is 2. The first kappa shape index (κ1) is 16.5. The van der Waals surface area contributed by atoms with Crippen LogP contribution >= 0.6 is 0 Å². The van der Waals surface area contributed by atoms with Crippen molar-refractivity contribution in [1.29, 1.82) is 0 Å². The molecular formula is C14H26N4O2. The predicted molar refractivity (Wildman–Crippen MR) is 78.5 cm³/mol. The third kappa shape index (κ3) is 6.06. The van der Waals surface area contributed by atoms with E-state index in [0.717, 1.165) is 18.7 Å². The molecule has 0 aliphatic carbocycles. The normalized spacial score (nSPS) is 13.1. The van der Waals surface area contributed by atoms with Crippen LogP contribution in [0.3, 0.4) is 0 Å². The van der Waals surface area contributed by atoms with Gasteiger partial charge in [-0.1, -0.05) is 0 Å². The summed E-state index contributed by atoms with van der Waals surface area (Å²) in [5.74, 6) is 0. The van der Waals surface area contributed by atoms with E-state index < -0.39 is 5.60 Å². The topological polar surface area (TPSA) is 70.2 Å². The highest BCUT2D eigenvalue weighted by Gasteiger charge is 2.19. The van der Waals surface area contributed by atoms with Gasteiger partial charge < -0.3 is 15.0 Å². The smallest absolute Gasteiger partial charge is 0.410 e. The first-order chi connectivity index (χ1) is 9.29. The molecule has 0 spiro atoms. The van der Waals surface area contributed by atoms with Crippen LogP contribution in [0.4, 0.5) is 4.79 Å². The van der Waals surface area contributed by atoms with Gasteiger partial charge in [0, 0.05) is 25.8 Å². The molecule has 0 saturated carbocycles. The maximum Gasteiger partial charge on any atom is 0.410 e. The van der Waals surface area contributed by atoms with Gasteiger partial charge in [0.15, 0.2) is 0 Å². The fraction of sp³-hybridized carbons (Fsp3) is 0.714. The second-order valence-corrected chi connectivity index (χ2v) is 5.94. The Morgan fingerprint density at radius 1 is 1.55 bits per heavy atom. The second kappa shape index (κ2) is 7.28. The highest BCUT2D eigenvalue weighted by molar-refractivity contribution is 5.67. The zero-order chi connectivity index (χ0) is 15.2. The van der Waals surface area contributed by atoms with Crippen LogP contribution in [0.2, 0.25) is 0 Å². The average molecular weight is 282 g/mol. The third-order valence-electron chi connectivity index (χ3n) is 2.81. The van der Waals surface area contributed by atoms with Gasteiger partial charge in [0.1, 0.15) is 5.60 Å². The van der Waals surface area contributed by atoms with Crippen LogP contribution in [0.15, 0.2) is 12.3 Å². The molecule has 6 heteroatoms. The number of amides is 1. The van der Waals surface area contributed by atoms with E-state index in [4.69, 9.17) is 4.74 Å². The monoisotopic (exact) mass is 282 g/mol. The Bertz CT molecular complexity index is 398. The van der Waals surface area contributed by atoms with Gasteiger partial charge in [0.2, 0.25) is 0 Å². The summed E-state index contributed by atoms with van der Waals surface area (Å²) in [6.07, 6.45) is 2.33. The highest BCUT2D eigenvalue weighted by Crippen LogP contribution is 2.09. The lowest BCUT2D eigenvalue weighted by Gasteiger charge is -2.24. The molecule has 1 atom stereocenters. The molecule has 0 aliphatic rings. The van der Waals surface area contributed by atoms with Crippen molar-refractivity contribution >= 4 is 6.09 Å². The van der Waals surface area contributed by atoms with Gasteiger partial charge in [0.05, 0.1) is 5.69 Å². The van der Waals surface area contributed by atoms with Crippen molar-refractivity contribution < 1.29 is 9.53 Å². The number of hydrogen-bond acceptors (Lipinski definition) is 4. The lowest BCUT2D eigenvalue weighted by molar-refractivity contribution is 0.0297. The van der Waals surface area contributed by atoms with Gasteiger partial charge in [-0.25, -0.2) is 4.79 Å². The van der Waals surface area contributed by atoms with Crippen LogP contribution in [0.5, 0.6) is 0 Å². The maximum absolute atomic E-state index is 11.7. The molecule has 114 valence electrons. The molecule has 0 bridgehead atoms. The molecule has 1 amide bonds. The van der Waals surface area contributed by atoms with Crippen LogP contribution in [0.1, 0.15) is 45.9 Å². The van der Waals surface area contributed by atoms with Crippen molar-refractivity contribution in [2.75, 3.05) is 20.1 Å². The van der Waals surface area contributed by atoms with E-state index in [2.05, 4.69) is 22.4 Å². The Balaban J connectivity index is 2.19. The molecule has 0 radical (unpaired) electrons. The summed E-state index contributed by atoms with van der Waals surface area (Å²) in [4.78, 5) is 13.3. The molecule has 6 nitrogen and oxygen atoms in total.